The third-order valence-electron chi connectivity index (χ3n) is 23.0. The fourth-order valence-electron chi connectivity index (χ4n) is 16.3. The maximum absolute atomic E-state index is 15.8. The first-order chi connectivity index (χ1) is 63.9. The zero-order valence-corrected chi connectivity index (χ0v) is 80.2. The van der Waals surface area contributed by atoms with Crippen LogP contribution >= 0.6 is 0 Å². The standard InChI is InChI=1S/C96H141N7O31/c1-60(104)37-46-85(117)131-81(59-127-96(73-32-20-16-21-33-73,74-38-42-76(119-14)43-39-74)75-40-44-77(120-15)45-41-75)92(118)103(52-31-48-98-83(115)35-23-18-28-54-122-94-87(100-65(6)106)62(3)90(129-71(12)112)79(133-94)57-125-68(9)109)50-26-25-49-102(84(116)36-24-19-29-55-123-95-88(101-66(7)107)63(4)91(130-72(13)113)80(134-95)58-126-69(10)110)51-30-47-97-82(114)34-22-17-27-53-121-93-86(99-64(5)105)61(2)89(128-70(11)111)78(132-93)56-124-67(8)108/h16,20-21,32-33,38-45,61-63,78-81,86-91,93-95H,17-19,22-31,34-37,46-59H2,1-15H3,(H,97,114)(H,98,115)(H,99,105)(H,100,106)(H,101,107)/t61-,62-,63-,78?,79?,80?,81?,86?,87?,88?,89-,90-,91-,93-,94-,95-/m1/s1. The third kappa shape index (κ3) is 38.5. The Bertz CT molecular complexity index is 4180. The Morgan fingerprint density at radius 1 is 0.388 bits per heavy atom. The molecular formula is C96H141N7O31. The number of Topliss-reactive ketones (excluding diaryl/α,β-unsaturated/α-hetero) is 1. The average Bonchev–Trinajstić information content (AvgIpc) is 0.750. The van der Waals surface area contributed by atoms with Gasteiger partial charge < -0.3 is 117 Å². The van der Waals surface area contributed by atoms with Crippen LogP contribution in [0, 0.1) is 17.8 Å². The second-order valence-electron chi connectivity index (χ2n) is 33.9. The fraction of sp³-hybridized carbons (Fsp3) is 0.656. The van der Waals surface area contributed by atoms with E-state index in [-0.39, 0.29) is 159 Å². The molecule has 0 aliphatic carbocycles. The molecule has 38 heteroatoms. The number of benzene rings is 3. The molecule has 5 N–H and O–H groups in total. The van der Waals surface area contributed by atoms with E-state index in [4.69, 9.17) is 75.8 Å². The van der Waals surface area contributed by atoms with E-state index in [1.165, 1.54) is 88.4 Å². The summed E-state index contributed by atoms with van der Waals surface area (Å²) in [6.45, 7) is 18.0. The van der Waals surface area contributed by atoms with Crippen molar-refractivity contribution in [2.45, 2.75) is 291 Å². The van der Waals surface area contributed by atoms with Crippen LogP contribution in [0.5, 0.6) is 11.5 Å². The predicted molar refractivity (Wildman–Crippen MR) is 482 cm³/mol. The van der Waals surface area contributed by atoms with Gasteiger partial charge in [0.25, 0.3) is 5.91 Å². The number of nitrogens with one attached hydrogen (secondary N) is 5. The number of hydrogen-bond acceptors (Lipinski definition) is 31. The lowest BCUT2D eigenvalue weighted by molar-refractivity contribution is -0.262. The molecule has 7 amide bonds. The first kappa shape index (κ1) is 112. The molecule has 0 aromatic heterocycles. The summed E-state index contributed by atoms with van der Waals surface area (Å²) in [6.07, 6.45) is -4.73. The maximum Gasteiger partial charge on any atom is 0.307 e. The molecule has 0 radical (unpaired) electrons. The number of carbonyl (C=O) groups excluding carboxylic acids is 15. The van der Waals surface area contributed by atoms with Crippen molar-refractivity contribution >= 4 is 88.9 Å². The van der Waals surface area contributed by atoms with Crippen LogP contribution in [0.25, 0.3) is 0 Å². The van der Waals surface area contributed by atoms with Crippen LogP contribution < -0.4 is 36.1 Å². The SMILES string of the molecule is COc1ccc(C(OCC(OC(=O)CCC(C)=O)C(=O)N(CCCCN(CCCNC(=O)CCCCCO[C@@H]2OC(COC(C)=O)[C@H](OC(C)=O)[C@H](C)C2NC(C)=O)C(=O)CCCCCO[C@@H]2OC(COC(C)=O)[C@H](OC(C)=O)[C@H](C)C2NC(C)=O)CCCNC(=O)CCCCCO[C@@H]2OC(COC(C)=O)[C@H](OC(C)=O)[C@H](C)C2NC(C)=O)(c2ccccc2)c2ccc(OC)cc2)cc1. The van der Waals surface area contributed by atoms with Gasteiger partial charge in [-0.1, -0.05) is 94.6 Å². The lowest BCUT2D eigenvalue weighted by Gasteiger charge is -2.44. The lowest BCUT2D eigenvalue weighted by atomic mass is 9.80. The van der Waals surface area contributed by atoms with E-state index < -0.39 is 163 Å². The van der Waals surface area contributed by atoms with Gasteiger partial charge in [0.05, 0.1) is 45.4 Å². The largest absolute Gasteiger partial charge is 0.497 e. The van der Waals surface area contributed by atoms with Crippen LogP contribution in [0.2, 0.25) is 0 Å². The lowest BCUT2D eigenvalue weighted by Crippen LogP contribution is -2.62. The van der Waals surface area contributed by atoms with E-state index in [0.717, 1.165) is 0 Å². The van der Waals surface area contributed by atoms with Gasteiger partial charge >= 0.3 is 41.8 Å². The zero-order chi connectivity index (χ0) is 98.4. The van der Waals surface area contributed by atoms with Crippen LogP contribution in [0.4, 0.5) is 0 Å². The van der Waals surface area contributed by atoms with Crippen molar-refractivity contribution < 1.29 is 148 Å². The Kier molecular flexibility index (Phi) is 49.4. The van der Waals surface area contributed by atoms with Crippen molar-refractivity contribution in [1.82, 2.24) is 36.4 Å². The summed E-state index contributed by atoms with van der Waals surface area (Å²) in [4.78, 5) is 197. The van der Waals surface area contributed by atoms with Crippen molar-refractivity contribution in [3.8, 4) is 11.5 Å². The summed E-state index contributed by atoms with van der Waals surface area (Å²) in [5, 5.41) is 14.5. The highest BCUT2D eigenvalue weighted by molar-refractivity contribution is 5.86. The molecule has 3 aliphatic rings. The quantitative estimate of drug-likeness (QED) is 0.0157. The molecule has 16 atom stereocenters. The molecule has 7 unspecified atom stereocenters. The second kappa shape index (κ2) is 59.2. The number of unbranched alkanes of at least 4 members (excludes halogenated alkanes) is 7. The van der Waals surface area contributed by atoms with Gasteiger partial charge in [0.15, 0.2) is 18.9 Å². The predicted octanol–water partition coefficient (Wildman–Crippen LogP) is 7.56. The molecule has 38 nitrogen and oxygen atoms in total. The molecule has 3 aliphatic heterocycles. The van der Waals surface area contributed by atoms with E-state index in [2.05, 4.69) is 26.6 Å². The third-order valence-corrected chi connectivity index (χ3v) is 23.0. The van der Waals surface area contributed by atoms with Gasteiger partial charge in [-0.05, 0) is 112 Å². The number of ketones is 1. The van der Waals surface area contributed by atoms with Crippen molar-refractivity contribution in [2.24, 2.45) is 17.8 Å². The van der Waals surface area contributed by atoms with Crippen molar-refractivity contribution in [1.29, 1.82) is 0 Å². The Labute approximate surface area is 785 Å². The number of rotatable bonds is 59. The number of hydrogen-bond donors (Lipinski definition) is 5. The van der Waals surface area contributed by atoms with E-state index in [0.29, 0.717) is 98.8 Å². The fourth-order valence-corrected chi connectivity index (χ4v) is 16.3. The van der Waals surface area contributed by atoms with Crippen molar-refractivity contribution in [3.05, 3.63) is 95.6 Å². The van der Waals surface area contributed by atoms with Crippen LogP contribution in [0.15, 0.2) is 78.9 Å². The number of nitrogens with zero attached hydrogens (tertiary/aromatic N) is 2. The Morgan fingerprint density at radius 3 is 1.09 bits per heavy atom. The molecule has 0 saturated carbocycles. The highest BCUT2D eigenvalue weighted by atomic mass is 16.7. The molecule has 134 heavy (non-hydrogen) atoms. The highest BCUT2D eigenvalue weighted by Crippen LogP contribution is 2.43. The number of methoxy groups -OCH3 is 2. The van der Waals surface area contributed by atoms with Crippen LogP contribution in [-0.2, 0) is 144 Å². The smallest absolute Gasteiger partial charge is 0.307 e. The summed E-state index contributed by atoms with van der Waals surface area (Å²) < 4.78 is 94.2. The van der Waals surface area contributed by atoms with Gasteiger partial charge in [-0.15, -0.1) is 0 Å². The number of ether oxygens (including phenoxy) is 16. The molecular weight excluding hydrogens is 1750 g/mol. The monoisotopic (exact) mass is 1890 g/mol. The summed E-state index contributed by atoms with van der Waals surface area (Å²) in [5.41, 5.74) is 0.357. The maximum atomic E-state index is 15.8. The Balaban J connectivity index is 1.21. The average molecular weight is 1890 g/mol. The minimum absolute atomic E-state index is 0.0169. The molecule has 3 saturated heterocycles. The van der Waals surface area contributed by atoms with E-state index in [1.807, 2.05) is 54.6 Å². The summed E-state index contributed by atoms with van der Waals surface area (Å²) in [6, 6.07) is 21.4. The molecule has 0 spiro atoms. The zero-order valence-electron chi connectivity index (χ0n) is 80.2. The molecule has 3 heterocycles. The van der Waals surface area contributed by atoms with Gasteiger partial charge in [0, 0.05) is 165 Å². The first-order valence-corrected chi connectivity index (χ1v) is 46.3. The van der Waals surface area contributed by atoms with E-state index >= 15 is 4.79 Å². The van der Waals surface area contributed by atoms with Crippen molar-refractivity contribution in [3.63, 3.8) is 0 Å². The molecule has 746 valence electrons. The second-order valence-corrected chi connectivity index (χ2v) is 33.9. The van der Waals surface area contributed by atoms with Crippen LogP contribution in [0.3, 0.4) is 0 Å². The normalized spacial score (nSPS) is 21.6. The number of amides is 7. The minimum atomic E-state index is -1.64. The van der Waals surface area contributed by atoms with Crippen LogP contribution in [0.1, 0.15) is 222 Å². The van der Waals surface area contributed by atoms with Crippen molar-refractivity contribution in [2.75, 3.05) is 99.7 Å². The van der Waals surface area contributed by atoms with E-state index in [1.54, 1.807) is 49.9 Å². The van der Waals surface area contributed by atoms with Crippen LogP contribution in [-0.4, -0.2) is 278 Å². The molecule has 3 aromatic rings. The highest BCUT2D eigenvalue weighted by Gasteiger charge is 2.51. The molecule has 6 rings (SSSR count). The molecule has 3 fully saturated rings. The number of carbonyl (C=O) groups is 15. The minimum Gasteiger partial charge on any atom is -0.497 e. The topological polar surface area (TPSA) is 470 Å². The number of esters is 7. The van der Waals surface area contributed by atoms with Gasteiger partial charge in [-0.2, -0.15) is 0 Å². The summed E-state index contributed by atoms with van der Waals surface area (Å²) >= 11 is 0. The molecule has 0 bridgehead atoms. The van der Waals surface area contributed by atoms with Gasteiger partial charge in [-0.25, -0.2) is 0 Å². The van der Waals surface area contributed by atoms with Gasteiger partial charge in [-0.3, -0.25) is 67.1 Å². The van der Waals surface area contributed by atoms with Gasteiger partial charge in [0.2, 0.25) is 41.5 Å². The Hall–Kier alpha value is -10.8. The Morgan fingerprint density at radius 2 is 0.739 bits per heavy atom. The molecule has 3 aromatic carbocycles. The summed E-state index contributed by atoms with van der Waals surface area (Å²) in [7, 11) is 3.08. The van der Waals surface area contributed by atoms with Gasteiger partial charge in [0.1, 0.15) is 79.3 Å². The van der Waals surface area contributed by atoms with E-state index in [9.17, 15) is 67.1 Å². The first-order valence-electron chi connectivity index (χ1n) is 46.3. The summed E-state index contributed by atoms with van der Waals surface area (Å²) in [5.74, 6) is -7.64.